The van der Waals surface area contributed by atoms with Crippen molar-refractivity contribution in [1.82, 2.24) is 10.2 Å². The molecule has 114 valence electrons. The highest BCUT2D eigenvalue weighted by Crippen LogP contribution is 2.21. The Bertz CT molecular complexity index is 467. The second-order valence-electron chi connectivity index (χ2n) is 5.56. The Hall–Kier alpha value is -1.84. The molecule has 21 heavy (non-hydrogen) atoms. The minimum absolute atomic E-state index is 0.0316. The summed E-state index contributed by atoms with van der Waals surface area (Å²) in [5.74, 6) is -0.178. The van der Waals surface area contributed by atoms with Crippen LogP contribution in [0.5, 0.6) is 0 Å². The fourth-order valence-electron chi connectivity index (χ4n) is 2.79. The minimum atomic E-state index is -0.164. The molecule has 4 nitrogen and oxygen atoms in total. The summed E-state index contributed by atoms with van der Waals surface area (Å²) >= 11 is 0. The molecule has 1 atom stereocenters. The van der Waals surface area contributed by atoms with E-state index in [-0.39, 0.29) is 24.3 Å². The summed E-state index contributed by atoms with van der Waals surface area (Å²) in [4.78, 5) is 26.2. The predicted octanol–water partition coefficient (Wildman–Crippen LogP) is 2.31. The van der Waals surface area contributed by atoms with Crippen LogP contribution in [0.25, 0.3) is 0 Å². The normalized spacial score (nSPS) is 15.8. The van der Waals surface area contributed by atoms with Crippen LogP contribution >= 0.6 is 0 Å². The molecule has 0 saturated carbocycles. The molecule has 1 aliphatic rings. The van der Waals surface area contributed by atoms with Gasteiger partial charge in [-0.05, 0) is 24.8 Å². The topological polar surface area (TPSA) is 49.4 Å². The molecule has 2 rings (SSSR count). The summed E-state index contributed by atoms with van der Waals surface area (Å²) in [7, 11) is 0. The fraction of sp³-hybridized carbons (Fsp3) is 0.529. The van der Waals surface area contributed by atoms with Gasteiger partial charge in [0.15, 0.2) is 0 Å². The van der Waals surface area contributed by atoms with Gasteiger partial charge in [-0.15, -0.1) is 0 Å². The maximum Gasteiger partial charge on any atom is 0.241 e. The Balaban J connectivity index is 1.91. The van der Waals surface area contributed by atoms with Crippen molar-refractivity contribution in [3.63, 3.8) is 0 Å². The van der Waals surface area contributed by atoms with Gasteiger partial charge in [-0.1, -0.05) is 43.7 Å². The molecule has 0 aliphatic carbocycles. The first-order valence-corrected chi connectivity index (χ1v) is 7.82. The number of hydrogen-bond acceptors (Lipinski definition) is 2. The van der Waals surface area contributed by atoms with Gasteiger partial charge in [0.2, 0.25) is 11.8 Å². The smallest absolute Gasteiger partial charge is 0.241 e. The largest absolute Gasteiger partial charge is 0.347 e. The van der Waals surface area contributed by atoms with Crippen molar-refractivity contribution >= 4 is 11.8 Å². The van der Waals surface area contributed by atoms with Gasteiger partial charge in [0, 0.05) is 13.1 Å². The zero-order chi connectivity index (χ0) is 15.1. The lowest BCUT2D eigenvalue weighted by Crippen LogP contribution is -2.40. The molecule has 0 bridgehead atoms. The summed E-state index contributed by atoms with van der Waals surface area (Å²) in [6.07, 6.45) is 3.88. The summed E-state index contributed by atoms with van der Waals surface area (Å²) in [6, 6.07) is 9.78. The molecule has 4 heteroatoms. The quantitative estimate of drug-likeness (QED) is 0.873. The number of nitrogens with zero attached hydrogens (tertiary/aromatic N) is 1. The summed E-state index contributed by atoms with van der Waals surface area (Å²) < 4.78 is 0. The highest BCUT2D eigenvalue weighted by molar-refractivity contribution is 5.88. The van der Waals surface area contributed by atoms with Gasteiger partial charge in [0.1, 0.15) is 0 Å². The van der Waals surface area contributed by atoms with Crippen molar-refractivity contribution in [3.8, 4) is 0 Å². The minimum Gasteiger partial charge on any atom is -0.347 e. The SMILES string of the molecule is CCCC(C(=O)NCC(=O)N1CCCC1)c1ccccc1. The van der Waals surface area contributed by atoms with E-state index in [1.165, 1.54) is 0 Å². The van der Waals surface area contributed by atoms with E-state index < -0.39 is 0 Å². The highest BCUT2D eigenvalue weighted by Gasteiger charge is 2.22. The van der Waals surface area contributed by atoms with Crippen LogP contribution in [0.2, 0.25) is 0 Å². The Labute approximate surface area is 126 Å². The van der Waals surface area contributed by atoms with E-state index in [1.54, 1.807) is 0 Å². The number of hydrogen-bond donors (Lipinski definition) is 1. The molecule has 1 N–H and O–H groups in total. The predicted molar refractivity (Wildman–Crippen MR) is 82.9 cm³/mol. The summed E-state index contributed by atoms with van der Waals surface area (Å²) in [6.45, 7) is 3.84. The molecule has 2 amide bonds. The lowest BCUT2D eigenvalue weighted by atomic mass is 9.93. The van der Waals surface area contributed by atoms with Gasteiger partial charge >= 0.3 is 0 Å². The first-order valence-electron chi connectivity index (χ1n) is 7.82. The molecule has 0 radical (unpaired) electrons. The highest BCUT2D eigenvalue weighted by atomic mass is 16.2. The van der Waals surface area contributed by atoms with Crippen molar-refractivity contribution in [1.29, 1.82) is 0 Å². The van der Waals surface area contributed by atoms with Crippen LogP contribution < -0.4 is 5.32 Å². The molecular formula is C17H24N2O2. The van der Waals surface area contributed by atoms with Gasteiger partial charge in [0.25, 0.3) is 0 Å². The monoisotopic (exact) mass is 288 g/mol. The second-order valence-corrected chi connectivity index (χ2v) is 5.56. The summed E-state index contributed by atoms with van der Waals surface area (Å²) in [5, 5.41) is 2.81. The molecule has 1 heterocycles. The van der Waals surface area contributed by atoms with Gasteiger partial charge in [-0.3, -0.25) is 9.59 Å². The van der Waals surface area contributed by atoms with Gasteiger partial charge < -0.3 is 10.2 Å². The van der Waals surface area contributed by atoms with E-state index in [4.69, 9.17) is 0 Å². The third kappa shape index (κ3) is 4.31. The van der Waals surface area contributed by atoms with Crippen molar-refractivity contribution in [2.24, 2.45) is 0 Å². The van der Waals surface area contributed by atoms with Crippen molar-refractivity contribution in [2.75, 3.05) is 19.6 Å². The van der Waals surface area contributed by atoms with Crippen LogP contribution in [-0.2, 0) is 9.59 Å². The Morgan fingerprint density at radius 3 is 2.48 bits per heavy atom. The molecule has 0 aromatic heterocycles. The van der Waals surface area contributed by atoms with E-state index in [0.29, 0.717) is 0 Å². The zero-order valence-corrected chi connectivity index (χ0v) is 12.7. The third-order valence-electron chi connectivity index (χ3n) is 3.97. The Kier molecular flexibility index (Phi) is 5.78. The average Bonchev–Trinajstić information content (AvgIpc) is 3.05. The van der Waals surface area contributed by atoms with Crippen LogP contribution in [0.1, 0.15) is 44.1 Å². The lowest BCUT2D eigenvalue weighted by molar-refractivity contribution is -0.132. The van der Waals surface area contributed by atoms with E-state index in [9.17, 15) is 9.59 Å². The number of rotatable bonds is 6. The van der Waals surface area contributed by atoms with Crippen LogP contribution in [-0.4, -0.2) is 36.3 Å². The number of nitrogens with one attached hydrogen (secondary N) is 1. The maximum atomic E-state index is 12.4. The van der Waals surface area contributed by atoms with E-state index in [1.807, 2.05) is 35.2 Å². The third-order valence-corrected chi connectivity index (χ3v) is 3.97. The molecule has 0 spiro atoms. The summed E-state index contributed by atoms with van der Waals surface area (Å²) in [5.41, 5.74) is 1.02. The molecular weight excluding hydrogens is 264 g/mol. The Morgan fingerprint density at radius 2 is 1.86 bits per heavy atom. The molecule has 1 fully saturated rings. The Morgan fingerprint density at radius 1 is 1.19 bits per heavy atom. The molecule has 1 aliphatic heterocycles. The van der Waals surface area contributed by atoms with Crippen molar-refractivity contribution in [3.05, 3.63) is 35.9 Å². The van der Waals surface area contributed by atoms with Crippen molar-refractivity contribution in [2.45, 2.75) is 38.5 Å². The lowest BCUT2D eigenvalue weighted by Gasteiger charge is -2.19. The van der Waals surface area contributed by atoms with Gasteiger partial charge in [-0.2, -0.15) is 0 Å². The van der Waals surface area contributed by atoms with Crippen LogP contribution in [0.3, 0.4) is 0 Å². The number of likely N-dealkylation sites (tertiary alicyclic amines) is 1. The second kappa shape index (κ2) is 7.81. The van der Waals surface area contributed by atoms with E-state index >= 15 is 0 Å². The molecule has 1 aromatic rings. The zero-order valence-electron chi connectivity index (χ0n) is 12.7. The first-order chi connectivity index (χ1) is 10.2. The van der Waals surface area contributed by atoms with Crippen molar-refractivity contribution < 1.29 is 9.59 Å². The van der Waals surface area contributed by atoms with Crippen LogP contribution in [0.15, 0.2) is 30.3 Å². The standard InChI is InChI=1S/C17H24N2O2/c1-2-8-15(14-9-4-3-5-10-14)17(21)18-13-16(20)19-11-6-7-12-19/h3-5,9-10,15H,2,6-8,11-13H2,1H3,(H,18,21). The van der Waals surface area contributed by atoms with Gasteiger partial charge in [-0.25, -0.2) is 0 Å². The molecule has 1 unspecified atom stereocenters. The van der Waals surface area contributed by atoms with E-state index in [2.05, 4.69) is 12.2 Å². The van der Waals surface area contributed by atoms with Crippen LogP contribution in [0.4, 0.5) is 0 Å². The fourth-order valence-corrected chi connectivity index (χ4v) is 2.79. The number of benzene rings is 1. The number of carbonyl (C=O) groups excluding carboxylic acids is 2. The number of amides is 2. The maximum absolute atomic E-state index is 12.4. The first kappa shape index (κ1) is 15.5. The van der Waals surface area contributed by atoms with Gasteiger partial charge in [0.05, 0.1) is 12.5 Å². The van der Waals surface area contributed by atoms with Crippen LogP contribution in [0, 0.1) is 0 Å². The average molecular weight is 288 g/mol. The van der Waals surface area contributed by atoms with E-state index in [0.717, 1.165) is 44.3 Å². The molecule has 1 aromatic carbocycles. The number of carbonyl (C=O) groups is 2. The molecule has 1 saturated heterocycles.